The standard InChI is InChI=1S/C14H14BrN3O/c15-11-3-1-10(2-4-11)12-5-6-17-14(18-12)13-9-19-8-7-16-13/h1-6,13,16H,7-9H2. The average Bonchev–Trinajstić information content (AvgIpc) is 2.49. The zero-order chi connectivity index (χ0) is 13.1. The van der Waals surface area contributed by atoms with Crippen LogP contribution in [0.25, 0.3) is 11.3 Å². The smallest absolute Gasteiger partial charge is 0.148 e. The first-order valence-electron chi connectivity index (χ1n) is 6.23. The summed E-state index contributed by atoms with van der Waals surface area (Å²) in [6.45, 7) is 2.23. The Labute approximate surface area is 120 Å². The van der Waals surface area contributed by atoms with E-state index in [1.807, 2.05) is 30.3 Å². The van der Waals surface area contributed by atoms with E-state index in [9.17, 15) is 0 Å². The quantitative estimate of drug-likeness (QED) is 0.924. The highest BCUT2D eigenvalue weighted by Gasteiger charge is 2.18. The van der Waals surface area contributed by atoms with Crippen molar-refractivity contribution in [1.82, 2.24) is 15.3 Å². The Morgan fingerprint density at radius 2 is 2.05 bits per heavy atom. The van der Waals surface area contributed by atoms with Crippen LogP contribution in [0.5, 0.6) is 0 Å². The minimum Gasteiger partial charge on any atom is -0.378 e. The molecular weight excluding hydrogens is 306 g/mol. The Balaban J connectivity index is 1.88. The van der Waals surface area contributed by atoms with Gasteiger partial charge in [0.25, 0.3) is 0 Å². The molecule has 0 aliphatic carbocycles. The van der Waals surface area contributed by atoms with Gasteiger partial charge in [0.15, 0.2) is 0 Å². The second kappa shape index (κ2) is 5.77. The maximum absolute atomic E-state index is 5.45. The molecule has 0 amide bonds. The number of hydrogen-bond acceptors (Lipinski definition) is 4. The van der Waals surface area contributed by atoms with E-state index >= 15 is 0 Å². The zero-order valence-electron chi connectivity index (χ0n) is 10.3. The third-order valence-electron chi connectivity index (χ3n) is 3.05. The monoisotopic (exact) mass is 319 g/mol. The maximum atomic E-state index is 5.45. The van der Waals surface area contributed by atoms with Gasteiger partial charge in [-0.3, -0.25) is 0 Å². The number of halogens is 1. The van der Waals surface area contributed by atoms with Crippen LogP contribution in [0, 0.1) is 0 Å². The van der Waals surface area contributed by atoms with Crippen molar-refractivity contribution in [2.24, 2.45) is 0 Å². The van der Waals surface area contributed by atoms with Crippen molar-refractivity contribution in [3.05, 3.63) is 46.8 Å². The lowest BCUT2D eigenvalue weighted by atomic mass is 10.1. The highest BCUT2D eigenvalue weighted by atomic mass is 79.9. The largest absolute Gasteiger partial charge is 0.378 e. The van der Waals surface area contributed by atoms with Crippen LogP contribution in [0.1, 0.15) is 11.9 Å². The number of aromatic nitrogens is 2. The molecule has 1 aliphatic rings. The molecule has 19 heavy (non-hydrogen) atoms. The lowest BCUT2D eigenvalue weighted by Gasteiger charge is -2.22. The van der Waals surface area contributed by atoms with Crippen molar-refractivity contribution in [3.63, 3.8) is 0 Å². The summed E-state index contributed by atoms with van der Waals surface area (Å²) in [5, 5.41) is 3.37. The van der Waals surface area contributed by atoms with E-state index in [0.717, 1.165) is 34.7 Å². The molecule has 1 aliphatic heterocycles. The fourth-order valence-electron chi connectivity index (χ4n) is 2.05. The van der Waals surface area contributed by atoms with Crippen LogP contribution >= 0.6 is 15.9 Å². The summed E-state index contributed by atoms with van der Waals surface area (Å²) in [4.78, 5) is 8.97. The minimum absolute atomic E-state index is 0.0872. The summed E-state index contributed by atoms with van der Waals surface area (Å²) < 4.78 is 6.51. The Hall–Kier alpha value is -1.30. The van der Waals surface area contributed by atoms with Gasteiger partial charge < -0.3 is 10.1 Å². The number of nitrogens with one attached hydrogen (secondary N) is 1. The Morgan fingerprint density at radius 3 is 2.79 bits per heavy atom. The summed E-state index contributed by atoms with van der Waals surface area (Å²) in [7, 11) is 0. The molecule has 1 saturated heterocycles. The molecule has 1 N–H and O–H groups in total. The first kappa shape index (κ1) is 12.7. The molecule has 1 aromatic carbocycles. The molecule has 5 heteroatoms. The predicted octanol–water partition coefficient (Wildman–Crippen LogP) is 2.57. The molecule has 2 aromatic rings. The topological polar surface area (TPSA) is 47.0 Å². The van der Waals surface area contributed by atoms with Crippen molar-refractivity contribution in [3.8, 4) is 11.3 Å². The van der Waals surface area contributed by atoms with Gasteiger partial charge in [-0.15, -0.1) is 0 Å². The molecule has 1 aromatic heterocycles. The second-order valence-corrected chi connectivity index (χ2v) is 5.30. The second-order valence-electron chi connectivity index (χ2n) is 4.39. The van der Waals surface area contributed by atoms with E-state index in [-0.39, 0.29) is 6.04 Å². The van der Waals surface area contributed by atoms with Crippen LogP contribution < -0.4 is 5.32 Å². The summed E-state index contributed by atoms with van der Waals surface area (Å²) in [6, 6.07) is 10.1. The number of rotatable bonds is 2. The number of nitrogens with zero attached hydrogens (tertiary/aromatic N) is 2. The Morgan fingerprint density at radius 1 is 1.21 bits per heavy atom. The normalized spacial score (nSPS) is 19.3. The molecule has 1 fully saturated rings. The predicted molar refractivity (Wildman–Crippen MR) is 76.7 cm³/mol. The third kappa shape index (κ3) is 3.00. The molecule has 0 radical (unpaired) electrons. The molecule has 1 unspecified atom stereocenters. The molecule has 4 nitrogen and oxygen atoms in total. The van der Waals surface area contributed by atoms with Gasteiger partial charge in [0.1, 0.15) is 5.82 Å². The van der Waals surface area contributed by atoms with Crippen LogP contribution in [-0.4, -0.2) is 29.7 Å². The van der Waals surface area contributed by atoms with Gasteiger partial charge in [-0.05, 0) is 18.2 Å². The maximum Gasteiger partial charge on any atom is 0.148 e. The molecule has 0 bridgehead atoms. The lowest BCUT2D eigenvalue weighted by molar-refractivity contribution is 0.0742. The number of morpholine rings is 1. The number of ether oxygens (including phenoxy) is 1. The third-order valence-corrected chi connectivity index (χ3v) is 3.58. The van der Waals surface area contributed by atoms with E-state index < -0.39 is 0 Å². The Kier molecular flexibility index (Phi) is 3.87. The molecule has 1 atom stereocenters. The van der Waals surface area contributed by atoms with Crippen molar-refractivity contribution < 1.29 is 4.74 Å². The SMILES string of the molecule is Brc1ccc(-c2ccnc(C3COCCN3)n2)cc1. The van der Waals surface area contributed by atoms with Crippen LogP contribution in [0.15, 0.2) is 41.0 Å². The van der Waals surface area contributed by atoms with Crippen molar-refractivity contribution in [2.75, 3.05) is 19.8 Å². The van der Waals surface area contributed by atoms with Crippen molar-refractivity contribution in [1.29, 1.82) is 0 Å². The first-order valence-corrected chi connectivity index (χ1v) is 7.02. The molecule has 3 rings (SSSR count). The zero-order valence-corrected chi connectivity index (χ0v) is 11.9. The fourth-order valence-corrected chi connectivity index (χ4v) is 2.32. The fraction of sp³-hybridized carbons (Fsp3) is 0.286. The van der Waals surface area contributed by atoms with Crippen LogP contribution in [0.3, 0.4) is 0 Å². The van der Waals surface area contributed by atoms with Gasteiger partial charge in [0.2, 0.25) is 0 Å². The molecule has 98 valence electrons. The van der Waals surface area contributed by atoms with Gasteiger partial charge in [0.05, 0.1) is 24.9 Å². The first-order chi connectivity index (χ1) is 9.33. The Bertz CT molecular complexity index is 553. The van der Waals surface area contributed by atoms with Gasteiger partial charge in [-0.1, -0.05) is 28.1 Å². The summed E-state index contributed by atoms with van der Waals surface area (Å²) in [5.74, 6) is 0.792. The molecule has 0 spiro atoms. The lowest BCUT2D eigenvalue weighted by Crippen LogP contribution is -2.35. The molecule has 0 saturated carbocycles. The van der Waals surface area contributed by atoms with Crippen LogP contribution in [-0.2, 0) is 4.74 Å². The number of benzene rings is 1. The summed E-state index contributed by atoms with van der Waals surface area (Å²) in [6.07, 6.45) is 1.80. The summed E-state index contributed by atoms with van der Waals surface area (Å²) >= 11 is 3.44. The number of hydrogen-bond donors (Lipinski definition) is 1. The van der Waals surface area contributed by atoms with Crippen LogP contribution in [0.2, 0.25) is 0 Å². The van der Waals surface area contributed by atoms with Gasteiger partial charge in [-0.25, -0.2) is 9.97 Å². The van der Waals surface area contributed by atoms with E-state index in [4.69, 9.17) is 4.74 Å². The van der Waals surface area contributed by atoms with Crippen molar-refractivity contribution >= 4 is 15.9 Å². The highest BCUT2D eigenvalue weighted by Crippen LogP contribution is 2.21. The van der Waals surface area contributed by atoms with Crippen molar-refractivity contribution in [2.45, 2.75) is 6.04 Å². The van der Waals surface area contributed by atoms with E-state index in [1.54, 1.807) is 6.20 Å². The average molecular weight is 320 g/mol. The minimum atomic E-state index is 0.0872. The van der Waals surface area contributed by atoms with E-state index in [0.29, 0.717) is 6.61 Å². The molecular formula is C14H14BrN3O. The van der Waals surface area contributed by atoms with Gasteiger partial charge in [-0.2, -0.15) is 0 Å². The van der Waals surface area contributed by atoms with E-state index in [1.165, 1.54) is 0 Å². The van der Waals surface area contributed by atoms with Gasteiger partial charge >= 0.3 is 0 Å². The summed E-state index contributed by atoms with van der Waals surface area (Å²) in [5.41, 5.74) is 2.02. The molecule has 2 heterocycles. The highest BCUT2D eigenvalue weighted by molar-refractivity contribution is 9.10. The van der Waals surface area contributed by atoms with E-state index in [2.05, 4.69) is 31.2 Å². The van der Waals surface area contributed by atoms with Crippen LogP contribution in [0.4, 0.5) is 0 Å². The van der Waals surface area contributed by atoms with Gasteiger partial charge in [0, 0.05) is 22.8 Å².